The van der Waals surface area contributed by atoms with Crippen molar-refractivity contribution in [2.24, 2.45) is 0 Å². The van der Waals surface area contributed by atoms with Crippen LogP contribution in [0.5, 0.6) is 0 Å². The lowest BCUT2D eigenvalue weighted by Crippen LogP contribution is -1.99. The van der Waals surface area contributed by atoms with E-state index in [1.165, 1.54) is 27.9 Å². The van der Waals surface area contributed by atoms with E-state index < -0.39 is 0 Å². The fraction of sp³-hybridized carbons (Fsp3) is 0.500. The van der Waals surface area contributed by atoms with Crippen LogP contribution < -0.4 is 0 Å². The fourth-order valence-corrected chi connectivity index (χ4v) is 2.24. The van der Waals surface area contributed by atoms with Crippen molar-refractivity contribution in [3.63, 3.8) is 0 Å². The number of pyridine rings is 1. The second-order valence-corrected chi connectivity index (χ2v) is 4.62. The first-order valence-electron chi connectivity index (χ1n) is 6.00. The average molecular weight is 216 g/mol. The first-order valence-corrected chi connectivity index (χ1v) is 6.00. The van der Waals surface area contributed by atoms with Gasteiger partial charge in [-0.1, -0.05) is 6.92 Å². The summed E-state index contributed by atoms with van der Waals surface area (Å²) in [7, 11) is 0. The number of hydrogen-bond donors (Lipinski definition) is 0. The van der Waals surface area contributed by atoms with Crippen LogP contribution in [-0.4, -0.2) is 9.55 Å². The lowest BCUT2D eigenvalue weighted by atomic mass is 10.2. The summed E-state index contributed by atoms with van der Waals surface area (Å²) in [4.78, 5) is 4.72. The van der Waals surface area contributed by atoms with Crippen molar-refractivity contribution in [3.8, 4) is 0 Å². The van der Waals surface area contributed by atoms with E-state index in [1.807, 2.05) is 0 Å². The third-order valence-corrected chi connectivity index (χ3v) is 3.49. The van der Waals surface area contributed by atoms with Crippen LogP contribution in [0.1, 0.15) is 35.9 Å². The Morgan fingerprint density at radius 1 is 1.19 bits per heavy atom. The molecular formula is C14H20N2. The number of rotatable bonds is 2. The highest BCUT2D eigenvalue weighted by Gasteiger charge is 2.12. The first-order chi connectivity index (χ1) is 7.56. The van der Waals surface area contributed by atoms with Crippen LogP contribution in [0.2, 0.25) is 0 Å². The van der Waals surface area contributed by atoms with Crippen LogP contribution in [0.4, 0.5) is 0 Å². The van der Waals surface area contributed by atoms with Gasteiger partial charge in [-0.25, -0.2) is 0 Å². The number of aryl methyl sites for hydroxylation is 4. The van der Waals surface area contributed by atoms with Gasteiger partial charge in [-0.15, -0.1) is 0 Å². The largest absolute Gasteiger partial charge is 0.343 e. The van der Waals surface area contributed by atoms with Crippen molar-refractivity contribution in [2.75, 3.05) is 0 Å². The van der Waals surface area contributed by atoms with Gasteiger partial charge in [0.15, 0.2) is 0 Å². The van der Waals surface area contributed by atoms with E-state index in [-0.39, 0.29) is 0 Å². The van der Waals surface area contributed by atoms with Crippen LogP contribution in [0.3, 0.4) is 0 Å². The summed E-state index contributed by atoms with van der Waals surface area (Å²) in [6.45, 7) is 11.9. The second-order valence-electron chi connectivity index (χ2n) is 4.62. The average Bonchev–Trinajstić information content (AvgIpc) is 2.46. The Morgan fingerprint density at radius 3 is 2.50 bits per heavy atom. The smallest absolute Gasteiger partial charge is 0.0916 e. The van der Waals surface area contributed by atoms with E-state index in [9.17, 15) is 0 Å². The molecule has 0 bridgehead atoms. The molecule has 2 rings (SSSR count). The zero-order valence-corrected chi connectivity index (χ0v) is 10.9. The highest BCUT2D eigenvalue weighted by Crippen LogP contribution is 2.25. The Labute approximate surface area is 97.3 Å². The Balaban J connectivity index is 2.80. The summed E-state index contributed by atoms with van der Waals surface area (Å²) in [6.07, 6.45) is 1.16. The van der Waals surface area contributed by atoms with Crippen molar-refractivity contribution in [1.82, 2.24) is 9.55 Å². The Morgan fingerprint density at radius 2 is 1.88 bits per heavy atom. The zero-order valence-electron chi connectivity index (χ0n) is 10.9. The van der Waals surface area contributed by atoms with Gasteiger partial charge in [0, 0.05) is 17.9 Å². The zero-order chi connectivity index (χ0) is 11.9. The predicted molar refractivity (Wildman–Crippen MR) is 69.0 cm³/mol. The number of aromatic nitrogens is 2. The van der Waals surface area contributed by atoms with Crippen LogP contribution in [0, 0.1) is 27.7 Å². The molecule has 0 N–H and O–H groups in total. The standard InChI is InChI=1S/C14H20N2/c1-6-7-16-12(5)10(3)14-13(16)8-9(2)11(4)15-14/h8H,6-7H2,1-5H3. The van der Waals surface area contributed by atoms with Crippen LogP contribution in [0.15, 0.2) is 6.07 Å². The van der Waals surface area contributed by atoms with Gasteiger partial charge in [-0.3, -0.25) is 4.98 Å². The van der Waals surface area contributed by atoms with E-state index in [2.05, 4.69) is 45.3 Å². The van der Waals surface area contributed by atoms with Gasteiger partial charge < -0.3 is 4.57 Å². The van der Waals surface area contributed by atoms with Gasteiger partial charge in [0.2, 0.25) is 0 Å². The molecule has 16 heavy (non-hydrogen) atoms. The van der Waals surface area contributed by atoms with Gasteiger partial charge in [0.05, 0.1) is 11.0 Å². The molecule has 0 amide bonds. The summed E-state index contributed by atoms with van der Waals surface area (Å²) in [6, 6.07) is 2.27. The summed E-state index contributed by atoms with van der Waals surface area (Å²) < 4.78 is 2.39. The molecule has 0 aliphatic heterocycles. The predicted octanol–water partition coefficient (Wildman–Crippen LogP) is 3.68. The molecule has 0 fully saturated rings. The molecule has 2 heteroatoms. The van der Waals surface area contributed by atoms with Crippen molar-refractivity contribution in [1.29, 1.82) is 0 Å². The third-order valence-electron chi connectivity index (χ3n) is 3.49. The molecule has 0 unspecified atom stereocenters. The molecule has 0 radical (unpaired) electrons. The molecule has 0 saturated carbocycles. The highest BCUT2D eigenvalue weighted by molar-refractivity contribution is 5.82. The molecule has 2 nitrogen and oxygen atoms in total. The van der Waals surface area contributed by atoms with Crippen molar-refractivity contribution in [2.45, 2.75) is 47.6 Å². The highest BCUT2D eigenvalue weighted by atomic mass is 15.0. The van der Waals surface area contributed by atoms with Gasteiger partial charge in [-0.2, -0.15) is 0 Å². The first kappa shape index (κ1) is 11.2. The summed E-state index contributed by atoms with van der Waals surface area (Å²) in [5.74, 6) is 0. The molecule has 0 saturated heterocycles. The minimum Gasteiger partial charge on any atom is -0.343 e. The van der Waals surface area contributed by atoms with Crippen molar-refractivity contribution < 1.29 is 0 Å². The second kappa shape index (κ2) is 3.93. The summed E-state index contributed by atoms with van der Waals surface area (Å²) in [5, 5.41) is 0. The van der Waals surface area contributed by atoms with E-state index >= 15 is 0 Å². The van der Waals surface area contributed by atoms with Crippen LogP contribution >= 0.6 is 0 Å². The molecule has 0 atom stereocenters. The Kier molecular flexibility index (Phi) is 2.75. The lowest BCUT2D eigenvalue weighted by molar-refractivity contribution is 0.683. The van der Waals surface area contributed by atoms with Gasteiger partial charge in [0.25, 0.3) is 0 Å². The maximum atomic E-state index is 4.72. The number of nitrogens with zero attached hydrogens (tertiary/aromatic N) is 2. The fourth-order valence-electron chi connectivity index (χ4n) is 2.24. The van der Waals surface area contributed by atoms with E-state index in [4.69, 9.17) is 4.98 Å². The maximum absolute atomic E-state index is 4.72. The van der Waals surface area contributed by atoms with Gasteiger partial charge in [-0.05, 0) is 51.3 Å². The molecule has 2 aromatic rings. The van der Waals surface area contributed by atoms with Crippen LogP contribution in [-0.2, 0) is 6.54 Å². The third kappa shape index (κ3) is 1.53. The van der Waals surface area contributed by atoms with Crippen molar-refractivity contribution in [3.05, 3.63) is 28.6 Å². The Bertz CT molecular complexity index is 535. The van der Waals surface area contributed by atoms with E-state index in [0.29, 0.717) is 0 Å². The molecule has 2 heterocycles. The molecule has 0 aliphatic rings. The number of fused-ring (bicyclic) bond motifs is 1. The number of hydrogen-bond acceptors (Lipinski definition) is 1. The monoisotopic (exact) mass is 216 g/mol. The minimum atomic E-state index is 1.08. The molecule has 86 valence electrons. The van der Waals surface area contributed by atoms with E-state index in [0.717, 1.165) is 18.7 Å². The van der Waals surface area contributed by atoms with Crippen LogP contribution in [0.25, 0.3) is 11.0 Å². The summed E-state index contributed by atoms with van der Waals surface area (Å²) in [5.41, 5.74) is 7.57. The normalized spacial score (nSPS) is 11.3. The van der Waals surface area contributed by atoms with Crippen molar-refractivity contribution >= 4 is 11.0 Å². The molecule has 0 aliphatic carbocycles. The van der Waals surface area contributed by atoms with E-state index in [1.54, 1.807) is 0 Å². The quantitative estimate of drug-likeness (QED) is 0.748. The molecule has 2 aromatic heterocycles. The van der Waals surface area contributed by atoms with Gasteiger partial charge in [0.1, 0.15) is 0 Å². The van der Waals surface area contributed by atoms with Gasteiger partial charge >= 0.3 is 0 Å². The Hall–Kier alpha value is -1.31. The lowest BCUT2D eigenvalue weighted by Gasteiger charge is -2.07. The summed E-state index contributed by atoms with van der Waals surface area (Å²) >= 11 is 0. The topological polar surface area (TPSA) is 17.8 Å². The molecule has 0 aromatic carbocycles. The molecule has 0 spiro atoms. The maximum Gasteiger partial charge on any atom is 0.0916 e. The minimum absolute atomic E-state index is 1.08. The molecular weight excluding hydrogens is 196 g/mol. The SMILES string of the molecule is CCCn1c(C)c(C)c2nc(C)c(C)cc21.